The Morgan fingerprint density at radius 2 is 1.65 bits per heavy atom. The van der Waals surface area contributed by atoms with E-state index in [1.165, 1.54) is 5.56 Å². The maximum absolute atomic E-state index is 12.6. The van der Waals surface area contributed by atoms with Crippen molar-refractivity contribution in [3.63, 3.8) is 0 Å². The van der Waals surface area contributed by atoms with Crippen molar-refractivity contribution in [2.24, 2.45) is 0 Å². The minimum absolute atomic E-state index is 0.0593. The fourth-order valence-corrected chi connectivity index (χ4v) is 3.57. The monoisotopic (exact) mass is 429 g/mol. The number of H-pyrrole nitrogens is 1. The quantitative estimate of drug-likeness (QED) is 0.370. The van der Waals surface area contributed by atoms with Gasteiger partial charge in [0.25, 0.3) is 5.91 Å². The second-order valence-electron chi connectivity index (χ2n) is 7.65. The van der Waals surface area contributed by atoms with Crippen molar-refractivity contribution in [1.82, 2.24) is 15.5 Å². The summed E-state index contributed by atoms with van der Waals surface area (Å²) in [5, 5.41) is 11.2. The normalized spacial score (nSPS) is 11.8. The highest BCUT2D eigenvalue weighted by atomic mass is 35.5. The molecule has 0 fully saturated rings. The van der Waals surface area contributed by atoms with Gasteiger partial charge in [-0.15, -0.1) is 0 Å². The standard InChI is InChI=1S/C26H24ClN3O/c1-18(7-8-19-5-3-2-4-6-19)28-26(31)22-11-9-20(10-12-22)24-17-25(30-29-24)21-13-15-23(27)16-14-21/h2-6,9-18H,7-8H2,1H3,(H,28,31)(H,29,30)/t18-/m1/s1. The molecule has 156 valence electrons. The van der Waals surface area contributed by atoms with Crippen LogP contribution in [-0.2, 0) is 6.42 Å². The van der Waals surface area contributed by atoms with Crippen LogP contribution in [0.15, 0.2) is 84.9 Å². The fourth-order valence-electron chi connectivity index (χ4n) is 3.45. The molecular formula is C26H24ClN3O. The molecule has 0 spiro atoms. The predicted molar refractivity (Wildman–Crippen MR) is 126 cm³/mol. The number of amides is 1. The van der Waals surface area contributed by atoms with Crippen LogP contribution in [0.25, 0.3) is 22.5 Å². The van der Waals surface area contributed by atoms with E-state index in [4.69, 9.17) is 11.6 Å². The van der Waals surface area contributed by atoms with Crippen molar-refractivity contribution in [3.8, 4) is 22.5 Å². The third-order valence-corrected chi connectivity index (χ3v) is 5.51. The van der Waals surface area contributed by atoms with Crippen molar-refractivity contribution in [3.05, 3.63) is 101 Å². The van der Waals surface area contributed by atoms with Gasteiger partial charge in [0.05, 0.1) is 11.4 Å². The molecule has 3 aromatic carbocycles. The average Bonchev–Trinajstić information content (AvgIpc) is 3.29. The van der Waals surface area contributed by atoms with E-state index >= 15 is 0 Å². The van der Waals surface area contributed by atoms with Crippen LogP contribution in [0.2, 0.25) is 5.02 Å². The zero-order chi connectivity index (χ0) is 21.6. The first-order chi connectivity index (χ1) is 15.1. The topological polar surface area (TPSA) is 57.8 Å². The van der Waals surface area contributed by atoms with Crippen molar-refractivity contribution < 1.29 is 4.79 Å². The number of carbonyl (C=O) groups excluding carboxylic acids is 1. The van der Waals surface area contributed by atoms with E-state index in [1.54, 1.807) is 0 Å². The van der Waals surface area contributed by atoms with Gasteiger partial charge in [-0.25, -0.2) is 0 Å². The van der Waals surface area contributed by atoms with E-state index in [9.17, 15) is 4.79 Å². The van der Waals surface area contributed by atoms with Crippen LogP contribution >= 0.6 is 11.6 Å². The molecular weight excluding hydrogens is 406 g/mol. The highest BCUT2D eigenvalue weighted by Crippen LogP contribution is 2.25. The molecule has 4 nitrogen and oxygen atoms in total. The van der Waals surface area contributed by atoms with Crippen LogP contribution in [-0.4, -0.2) is 22.1 Å². The van der Waals surface area contributed by atoms with Gasteiger partial charge in [0, 0.05) is 22.2 Å². The molecule has 0 aliphatic rings. The molecule has 0 saturated carbocycles. The van der Waals surface area contributed by atoms with E-state index in [1.807, 2.05) is 79.7 Å². The van der Waals surface area contributed by atoms with Gasteiger partial charge in [0.15, 0.2) is 0 Å². The lowest BCUT2D eigenvalue weighted by molar-refractivity contribution is 0.0938. The maximum atomic E-state index is 12.6. The van der Waals surface area contributed by atoms with Gasteiger partial charge < -0.3 is 5.32 Å². The molecule has 0 aliphatic carbocycles. The van der Waals surface area contributed by atoms with Crippen molar-refractivity contribution in [1.29, 1.82) is 0 Å². The Hall–Kier alpha value is -3.37. The number of aryl methyl sites for hydroxylation is 1. The Morgan fingerprint density at radius 1 is 0.968 bits per heavy atom. The third kappa shape index (κ3) is 5.41. The van der Waals surface area contributed by atoms with Gasteiger partial charge >= 0.3 is 0 Å². The molecule has 4 aromatic rings. The highest BCUT2D eigenvalue weighted by Gasteiger charge is 2.11. The molecule has 4 rings (SSSR count). The lowest BCUT2D eigenvalue weighted by atomic mass is 10.0. The summed E-state index contributed by atoms with van der Waals surface area (Å²) in [6, 6.07) is 27.5. The number of nitrogens with one attached hydrogen (secondary N) is 2. The number of aromatic amines is 1. The van der Waals surface area contributed by atoms with Gasteiger partial charge in [-0.1, -0.05) is 66.2 Å². The highest BCUT2D eigenvalue weighted by molar-refractivity contribution is 6.30. The molecule has 1 aromatic heterocycles. The molecule has 0 saturated heterocycles. The van der Waals surface area contributed by atoms with E-state index in [0.717, 1.165) is 35.4 Å². The zero-order valence-electron chi connectivity index (χ0n) is 17.3. The Bertz CT molecular complexity index is 1140. The lowest BCUT2D eigenvalue weighted by Gasteiger charge is -2.14. The number of nitrogens with zero attached hydrogens (tertiary/aromatic N) is 1. The number of rotatable bonds is 7. The summed E-state index contributed by atoms with van der Waals surface area (Å²) < 4.78 is 0. The summed E-state index contributed by atoms with van der Waals surface area (Å²) in [4.78, 5) is 12.6. The minimum atomic E-state index is -0.0593. The second-order valence-corrected chi connectivity index (χ2v) is 8.09. The van der Waals surface area contributed by atoms with Crippen LogP contribution in [0.5, 0.6) is 0 Å². The zero-order valence-corrected chi connectivity index (χ0v) is 18.1. The Labute approximate surface area is 187 Å². The van der Waals surface area contributed by atoms with Crippen molar-refractivity contribution in [2.45, 2.75) is 25.8 Å². The van der Waals surface area contributed by atoms with Gasteiger partial charge in [-0.2, -0.15) is 5.10 Å². The molecule has 0 bridgehead atoms. The smallest absolute Gasteiger partial charge is 0.251 e. The first-order valence-corrected chi connectivity index (χ1v) is 10.7. The SMILES string of the molecule is C[C@H](CCc1ccccc1)NC(=O)c1ccc(-c2cc(-c3ccc(Cl)cc3)[nH]n2)cc1. The fraction of sp³-hybridized carbons (Fsp3) is 0.154. The lowest BCUT2D eigenvalue weighted by Crippen LogP contribution is -2.32. The van der Waals surface area contributed by atoms with E-state index in [-0.39, 0.29) is 11.9 Å². The van der Waals surface area contributed by atoms with Crippen molar-refractivity contribution >= 4 is 17.5 Å². The molecule has 0 aliphatic heterocycles. The molecule has 1 heterocycles. The molecule has 1 atom stereocenters. The summed E-state index contributed by atoms with van der Waals surface area (Å²) in [5.74, 6) is -0.0593. The number of hydrogen-bond acceptors (Lipinski definition) is 2. The minimum Gasteiger partial charge on any atom is -0.350 e. The number of hydrogen-bond donors (Lipinski definition) is 2. The average molecular weight is 430 g/mol. The van der Waals surface area contributed by atoms with Crippen molar-refractivity contribution in [2.75, 3.05) is 0 Å². The Kier molecular flexibility index (Phi) is 6.48. The summed E-state index contributed by atoms with van der Waals surface area (Å²) >= 11 is 5.96. The summed E-state index contributed by atoms with van der Waals surface area (Å²) in [7, 11) is 0. The first kappa shape index (κ1) is 20.9. The maximum Gasteiger partial charge on any atom is 0.251 e. The van der Waals surface area contributed by atoms with Crippen LogP contribution in [0, 0.1) is 0 Å². The van der Waals surface area contributed by atoms with E-state index < -0.39 is 0 Å². The van der Waals surface area contributed by atoms with Gasteiger partial charge in [-0.3, -0.25) is 9.89 Å². The summed E-state index contributed by atoms with van der Waals surface area (Å²) in [6.45, 7) is 2.04. The molecule has 2 N–H and O–H groups in total. The molecule has 0 unspecified atom stereocenters. The number of halogens is 1. The second kappa shape index (κ2) is 9.63. The van der Waals surface area contributed by atoms with E-state index in [2.05, 4.69) is 27.6 Å². The van der Waals surface area contributed by atoms with Gasteiger partial charge in [0.1, 0.15) is 0 Å². The van der Waals surface area contributed by atoms with Crippen LogP contribution < -0.4 is 5.32 Å². The number of benzene rings is 3. The number of carbonyl (C=O) groups is 1. The molecule has 31 heavy (non-hydrogen) atoms. The van der Waals surface area contributed by atoms with Crippen LogP contribution in [0.1, 0.15) is 29.3 Å². The van der Waals surface area contributed by atoms with Crippen LogP contribution in [0.3, 0.4) is 0 Å². The third-order valence-electron chi connectivity index (χ3n) is 5.26. The largest absolute Gasteiger partial charge is 0.350 e. The first-order valence-electron chi connectivity index (χ1n) is 10.3. The van der Waals surface area contributed by atoms with Gasteiger partial charge in [0.2, 0.25) is 0 Å². The molecule has 5 heteroatoms. The Morgan fingerprint density at radius 3 is 2.35 bits per heavy atom. The van der Waals surface area contributed by atoms with Gasteiger partial charge in [-0.05, 0) is 61.2 Å². The molecule has 1 amide bonds. The van der Waals surface area contributed by atoms with E-state index in [0.29, 0.717) is 10.6 Å². The number of aromatic nitrogens is 2. The summed E-state index contributed by atoms with van der Waals surface area (Å²) in [5.41, 5.74) is 5.64. The molecule has 0 radical (unpaired) electrons. The Balaban J connectivity index is 1.36. The van der Waals surface area contributed by atoms with Crippen LogP contribution in [0.4, 0.5) is 0 Å². The summed E-state index contributed by atoms with van der Waals surface area (Å²) in [6.07, 6.45) is 1.84. The predicted octanol–water partition coefficient (Wildman–Crippen LogP) is 6.15.